The van der Waals surface area contributed by atoms with E-state index in [4.69, 9.17) is 21.6 Å². The van der Waals surface area contributed by atoms with Crippen LogP contribution >= 0.6 is 27.5 Å². The first-order valence-corrected chi connectivity index (χ1v) is 6.10. The number of benzene rings is 2. The van der Waals surface area contributed by atoms with Gasteiger partial charge < -0.3 is 4.74 Å². The van der Waals surface area contributed by atoms with Crippen LogP contribution in [0.2, 0.25) is 5.02 Å². The number of halogens is 3. The van der Waals surface area contributed by atoms with Gasteiger partial charge in [-0.1, -0.05) is 11.6 Å². The van der Waals surface area contributed by atoms with Crippen molar-refractivity contribution in [2.45, 2.75) is 0 Å². The molecule has 0 aliphatic rings. The Bertz CT molecular complexity index is 639. The largest absolute Gasteiger partial charge is 0.455 e. The van der Waals surface area contributed by atoms with Gasteiger partial charge in [0.1, 0.15) is 17.3 Å². The van der Waals surface area contributed by atoms with Gasteiger partial charge in [-0.15, -0.1) is 0 Å². The third-order valence-electron chi connectivity index (χ3n) is 2.17. The number of ether oxygens (including phenoxy) is 1. The Morgan fingerprint density at radius 1 is 1.17 bits per heavy atom. The van der Waals surface area contributed by atoms with Crippen LogP contribution < -0.4 is 4.74 Å². The van der Waals surface area contributed by atoms with E-state index in [0.717, 1.165) is 0 Å². The molecule has 0 aromatic heterocycles. The Morgan fingerprint density at radius 2 is 1.89 bits per heavy atom. The lowest BCUT2D eigenvalue weighted by Gasteiger charge is -2.09. The van der Waals surface area contributed by atoms with Gasteiger partial charge >= 0.3 is 0 Å². The van der Waals surface area contributed by atoms with E-state index in [2.05, 4.69) is 15.9 Å². The molecule has 0 amide bonds. The molecule has 0 fully saturated rings. The van der Waals surface area contributed by atoms with Crippen molar-refractivity contribution in [1.82, 2.24) is 0 Å². The number of nitrogens with zero attached hydrogens (tertiary/aromatic N) is 1. The molecule has 2 aromatic carbocycles. The molecule has 0 bridgehead atoms. The van der Waals surface area contributed by atoms with E-state index < -0.39 is 5.82 Å². The zero-order valence-electron chi connectivity index (χ0n) is 8.95. The molecule has 2 aromatic rings. The first kappa shape index (κ1) is 12.9. The van der Waals surface area contributed by atoms with Crippen molar-refractivity contribution in [3.8, 4) is 17.6 Å². The van der Waals surface area contributed by atoms with Gasteiger partial charge in [-0.3, -0.25) is 0 Å². The monoisotopic (exact) mass is 325 g/mol. The van der Waals surface area contributed by atoms with Gasteiger partial charge in [0, 0.05) is 0 Å². The molecule has 0 atom stereocenters. The summed E-state index contributed by atoms with van der Waals surface area (Å²) in [6, 6.07) is 10.8. The molecular weight excluding hydrogens is 321 g/mol. The standard InChI is InChI=1S/C13H6BrClFNO/c14-10-5-8(7-17)1-3-12(10)18-13-4-2-9(16)6-11(13)15/h1-6H. The molecule has 0 heterocycles. The Balaban J connectivity index is 2.32. The smallest absolute Gasteiger partial charge is 0.146 e. The lowest BCUT2D eigenvalue weighted by atomic mass is 10.2. The molecule has 0 saturated carbocycles. The predicted octanol–water partition coefficient (Wildman–Crippen LogP) is 4.91. The molecule has 2 nitrogen and oxygen atoms in total. The van der Waals surface area contributed by atoms with Gasteiger partial charge in [-0.25, -0.2) is 4.39 Å². The fraction of sp³-hybridized carbons (Fsp3) is 0. The first-order valence-electron chi connectivity index (χ1n) is 4.92. The van der Waals surface area contributed by atoms with E-state index in [0.29, 0.717) is 21.5 Å². The molecule has 0 spiro atoms. The van der Waals surface area contributed by atoms with Gasteiger partial charge in [-0.05, 0) is 52.3 Å². The Hall–Kier alpha value is -1.57. The van der Waals surface area contributed by atoms with E-state index in [1.807, 2.05) is 6.07 Å². The zero-order chi connectivity index (χ0) is 13.1. The average molecular weight is 327 g/mol. The molecule has 0 aliphatic carbocycles. The number of hydrogen-bond acceptors (Lipinski definition) is 2. The van der Waals surface area contributed by atoms with Crippen molar-refractivity contribution in [2.24, 2.45) is 0 Å². The molecule has 5 heteroatoms. The average Bonchev–Trinajstić information content (AvgIpc) is 2.34. The highest BCUT2D eigenvalue weighted by Gasteiger charge is 2.08. The summed E-state index contributed by atoms with van der Waals surface area (Å²) in [5.41, 5.74) is 0.513. The SMILES string of the molecule is N#Cc1ccc(Oc2ccc(F)cc2Cl)c(Br)c1. The van der Waals surface area contributed by atoms with Crippen molar-refractivity contribution in [2.75, 3.05) is 0 Å². The lowest BCUT2D eigenvalue weighted by molar-refractivity contribution is 0.478. The summed E-state index contributed by atoms with van der Waals surface area (Å²) in [6.07, 6.45) is 0. The summed E-state index contributed by atoms with van der Waals surface area (Å²) >= 11 is 9.15. The maximum absolute atomic E-state index is 12.9. The minimum atomic E-state index is -0.425. The van der Waals surface area contributed by atoms with Crippen LogP contribution in [-0.2, 0) is 0 Å². The summed E-state index contributed by atoms with van der Waals surface area (Å²) in [5, 5.41) is 8.93. The van der Waals surface area contributed by atoms with E-state index in [1.54, 1.807) is 18.2 Å². The van der Waals surface area contributed by atoms with Gasteiger partial charge in [0.2, 0.25) is 0 Å². The molecule has 2 rings (SSSR count). The fourth-order valence-corrected chi connectivity index (χ4v) is 2.00. The Labute approximate surface area is 117 Å². The van der Waals surface area contributed by atoms with Crippen molar-refractivity contribution in [3.05, 3.63) is 57.3 Å². The van der Waals surface area contributed by atoms with Gasteiger partial charge in [0.05, 0.1) is 21.1 Å². The maximum Gasteiger partial charge on any atom is 0.146 e. The molecule has 0 saturated heterocycles. The third-order valence-corrected chi connectivity index (χ3v) is 3.09. The molecular formula is C13H6BrClFNO. The van der Waals surface area contributed by atoms with E-state index in [1.165, 1.54) is 18.2 Å². The second-order valence-electron chi connectivity index (χ2n) is 3.43. The van der Waals surface area contributed by atoms with Crippen LogP contribution in [0.5, 0.6) is 11.5 Å². The first-order chi connectivity index (χ1) is 8.60. The fourth-order valence-electron chi connectivity index (χ4n) is 1.33. The maximum atomic E-state index is 12.9. The summed E-state index contributed by atoms with van der Waals surface area (Å²) in [5.74, 6) is 0.428. The summed E-state index contributed by atoms with van der Waals surface area (Å²) in [6.45, 7) is 0. The van der Waals surface area contributed by atoms with Crippen molar-refractivity contribution in [1.29, 1.82) is 5.26 Å². The van der Waals surface area contributed by atoms with Crippen LogP contribution in [0.4, 0.5) is 4.39 Å². The van der Waals surface area contributed by atoms with Crippen molar-refractivity contribution >= 4 is 27.5 Å². The second kappa shape index (κ2) is 5.38. The van der Waals surface area contributed by atoms with Crippen LogP contribution in [0.1, 0.15) is 5.56 Å². The van der Waals surface area contributed by atoms with E-state index in [-0.39, 0.29) is 5.02 Å². The topological polar surface area (TPSA) is 33.0 Å². The summed E-state index contributed by atoms with van der Waals surface area (Å²) in [4.78, 5) is 0. The Kier molecular flexibility index (Phi) is 3.85. The van der Waals surface area contributed by atoms with E-state index in [9.17, 15) is 4.39 Å². The summed E-state index contributed by atoms with van der Waals surface area (Å²) < 4.78 is 19.0. The molecule has 0 radical (unpaired) electrons. The number of nitriles is 1. The van der Waals surface area contributed by atoms with Crippen LogP contribution in [0.3, 0.4) is 0 Å². The second-order valence-corrected chi connectivity index (χ2v) is 4.70. The zero-order valence-corrected chi connectivity index (χ0v) is 11.3. The van der Waals surface area contributed by atoms with Crippen LogP contribution in [0, 0.1) is 17.1 Å². The van der Waals surface area contributed by atoms with Crippen LogP contribution in [0.15, 0.2) is 40.9 Å². The van der Waals surface area contributed by atoms with Gasteiger partial charge in [0.25, 0.3) is 0 Å². The van der Waals surface area contributed by atoms with Crippen molar-refractivity contribution < 1.29 is 9.13 Å². The predicted molar refractivity (Wildman–Crippen MR) is 70.3 cm³/mol. The van der Waals surface area contributed by atoms with Crippen molar-refractivity contribution in [3.63, 3.8) is 0 Å². The minimum Gasteiger partial charge on any atom is -0.455 e. The Morgan fingerprint density at radius 3 is 2.50 bits per heavy atom. The molecule has 0 aliphatic heterocycles. The molecule has 0 N–H and O–H groups in total. The summed E-state index contributed by atoms with van der Waals surface area (Å²) in [7, 11) is 0. The number of rotatable bonds is 2. The normalized spacial score (nSPS) is 9.89. The van der Waals surface area contributed by atoms with E-state index >= 15 is 0 Å². The third kappa shape index (κ3) is 2.81. The highest BCUT2D eigenvalue weighted by molar-refractivity contribution is 9.10. The highest BCUT2D eigenvalue weighted by Crippen LogP contribution is 2.34. The lowest BCUT2D eigenvalue weighted by Crippen LogP contribution is -1.88. The van der Waals surface area contributed by atoms with Crippen LogP contribution in [0.25, 0.3) is 0 Å². The molecule has 90 valence electrons. The molecule has 0 unspecified atom stereocenters. The van der Waals surface area contributed by atoms with Gasteiger partial charge in [0.15, 0.2) is 0 Å². The quantitative estimate of drug-likeness (QED) is 0.786. The highest BCUT2D eigenvalue weighted by atomic mass is 79.9. The number of hydrogen-bond donors (Lipinski definition) is 0. The van der Waals surface area contributed by atoms with Crippen LogP contribution in [-0.4, -0.2) is 0 Å². The van der Waals surface area contributed by atoms with Gasteiger partial charge in [-0.2, -0.15) is 5.26 Å². The molecule has 18 heavy (non-hydrogen) atoms. The minimum absolute atomic E-state index is 0.186.